The minimum Gasteiger partial charge on any atom is -0.462 e. The number of allylic oxidation sites excluding steroid dienone is 1. The normalized spacial score (nSPS) is 11.4. The molecule has 0 atom stereocenters. The van der Waals surface area contributed by atoms with E-state index in [4.69, 9.17) is 4.74 Å². The van der Waals surface area contributed by atoms with Crippen LogP contribution in [-0.2, 0) is 4.74 Å². The largest absolute Gasteiger partial charge is 0.462 e. The molecule has 0 radical (unpaired) electrons. The second kappa shape index (κ2) is 7.64. The zero-order chi connectivity index (χ0) is 16.8. The Kier molecular flexibility index (Phi) is 5.59. The Morgan fingerprint density at radius 3 is 2.96 bits per heavy atom. The standard InChI is InChI=1S/C16H17N3O3S/c1-4-6-19(3)10-18-14-12-7-11(16(21)22-5-2)8-17-15(12)23-13(14)9-20/h4,6-10H,5H2,1-3H3/b6-4+,18-10?. The highest BCUT2D eigenvalue weighted by molar-refractivity contribution is 7.20. The summed E-state index contributed by atoms with van der Waals surface area (Å²) in [5.74, 6) is -0.443. The number of pyridine rings is 1. The molecule has 120 valence electrons. The van der Waals surface area contributed by atoms with Crippen LogP contribution in [-0.4, -0.2) is 42.1 Å². The number of carbonyl (C=O) groups is 2. The van der Waals surface area contributed by atoms with Gasteiger partial charge in [-0.15, -0.1) is 11.3 Å². The second-order valence-electron chi connectivity index (χ2n) is 4.62. The van der Waals surface area contributed by atoms with Gasteiger partial charge in [0.1, 0.15) is 4.83 Å². The van der Waals surface area contributed by atoms with Crippen LogP contribution >= 0.6 is 11.3 Å². The first-order valence-electron chi connectivity index (χ1n) is 7.04. The highest BCUT2D eigenvalue weighted by Crippen LogP contribution is 2.36. The minimum atomic E-state index is -0.443. The molecule has 0 amide bonds. The summed E-state index contributed by atoms with van der Waals surface area (Å²) in [4.78, 5) is 34.6. The van der Waals surface area contributed by atoms with Crippen LogP contribution in [0, 0.1) is 0 Å². The molecule has 0 saturated heterocycles. The maximum Gasteiger partial charge on any atom is 0.339 e. The van der Waals surface area contributed by atoms with Crippen LogP contribution in [0.4, 0.5) is 5.69 Å². The van der Waals surface area contributed by atoms with Crippen molar-refractivity contribution >= 4 is 45.8 Å². The lowest BCUT2D eigenvalue weighted by Crippen LogP contribution is -2.06. The number of esters is 1. The van der Waals surface area contributed by atoms with E-state index in [0.29, 0.717) is 33.0 Å². The van der Waals surface area contributed by atoms with Crippen LogP contribution in [0.25, 0.3) is 10.2 Å². The van der Waals surface area contributed by atoms with Crippen molar-refractivity contribution in [1.82, 2.24) is 9.88 Å². The summed E-state index contributed by atoms with van der Waals surface area (Å²) in [5, 5.41) is 0.660. The lowest BCUT2D eigenvalue weighted by molar-refractivity contribution is 0.0526. The molecule has 0 aliphatic rings. The Morgan fingerprint density at radius 2 is 2.30 bits per heavy atom. The molecule has 2 rings (SSSR count). The summed E-state index contributed by atoms with van der Waals surface area (Å²) in [7, 11) is 1.83. The SMILES string of the molecule is C/C=C/N(C)C=Nc1c(C=O)sc2ncc(C(=O)OCC)cc12. The number of rotatable bonds is 6. The van der Waals surface area contributed by atoms with E-state index in [1.54, 1.807) is 24.2 Å². The lowest BCUT2D eigenvalue weighted by Gasteiger charge is -2.05. The van der Waals surface area contributed by atoms with Crippen molar-refractivity contribution in [2.45, 2.75) is 13.8 Å². The third-order valence-electron chi connectivity index (χ3n) is 2.92. The van der Waals surface area contributed by atoms with Crippen molar-refractivity contribution in [1.29, 1.82) is 0 Å². The Hall–Kier alpha value is -2.54. The third kappa shape index (κ3) is 3.81. The fourth-order valence-electron chi connectivity index (χ4n) is 1.95. The first-order valence-corrected chi connectivity index (χ1v) is 7.86. The molecule has 23 heavy (non-hydrogen) atoms. The molecule has 0 aliphatic heterocycles. The average molecular weight is 331 g/mol. The van der Waals surface area contributed by atoms with Crippen LogP contribution < -0.4 is 0 Å². The number of hydrogen-bond acceptors (Lipinski definition) is 6. The van der Waals surface area contributed by atoms with Gasteiger partial charge in [0.25, 0.3) is 0 Å². The van der Waals surface area contributed by atoms with Gasteiger partial charge in [-0.05, 0) is 19.9 Å². The number of ether oxygens (including phenoxy) is 1. The number of aromatic nitrogens is 1. The van der Waals surface area contributed by atoms with Crippen molar-refractivity contribution in [2.24, 2.45) is 4.99 Å². The van der Waals surface area contributed by atoms with E-state index in [0.717, 1.165) is 6.29 Å². The zero-order valence-corrected chi connectivity index (χ0v) is 14.0. The zero-order valence-electron chi connectivity index (χ0n) is 13.1. The van der Waals surface area contributed by atoms with E-state index in [1.165, 1.54) is 17.5 Å². The maximum absolute atomic E-state index is 11.8. The molecule has 0 saturated carbocycles. The first kappa shape index (κ1) is 16.8. The lowest BCUT2D eigenvalue weighted by atomic mass is 10.2. The van der Waals surface area contributed by atoms with E-state index in [-0.39, 0.29) is 0 Å². The first-order chi connectivity index (χ1) is 11.1. The van der Waals surface area contributed by atoms with Crippen molar-refractivity contribution in [3.8, 4) is 0 Å². The fraction of sp³-hybridized carbons (Fsp3) is 0.250. The van der Waals surface area contributed by atoms with E-state index in [1.807, 2.05) is 26.2 Å². The minimum absolute atomic E-state index is 0.291. The van der Waals surface area contributed by atoms with Gasteiger partial charge in [0, 0.05) is 24.8 Å². The van der Waals surface area contributed by atoms with Gasteiger partial charge in [0.15, 0.2) is 6.29 Å². The molecule has 0 N–H and O–H groups in total. The molecule has 6 nitrogen and oxygen atoms in total. The highest BCUT2D eigenvalue weighted by atomic mass is 32.1. The summed E-state index contributed by atoms with van der Waals surface area (Å²) < 4.78 is 4.98. The van der Waals surface area contributed by atoms with Crippen molar-refractivity contribution in [3.63, 3.8) is 0 Å². The molecule has 2 heterocycles. The Balaban J connectivity index is 2.50. The van der Waals surface area contributed by atoms with Crippen molar-refractivity contribution in [3.05, 3.63) is 35.0 Å². The van der Waals surface area contributed by atoms with Crippen LogP contribution in [0.3, 0.4) is 0 Å². The van der Waals surface area contributed by atoms with Gasteiger partial charge in [0.05, 0.1) is 29.1 Å². The summed E-state index contributed by atoms with van der Waals surface area (Å²) in [6.45, 7) is 3.93. The Bertz CT molecular complexity index is 780. The topological polar surface area (TPSA) is 71.9 Å². The van der Waals surface area contributed by atoms with Gasteiger partial charge >= 0.3 is 5.97 Å². The average Bonchev–Trinajstić information content (AvgIpc) is 2.90. The van der Waals surface area contributed by atoms with Crippen molar-refractivity contribution in [2.75, 3.05) is 13.7 Å². The van der Waals surface area contributed by atoms with E-state index < -0.39 is 5.97 Å². The van der Waals surface area contributed by atoms with Gasteiger partial charge in [0.2, 0.25) is 0 Å². The van der Waals surface area contributed by atoms with Gasteiger partial charge < -0.3 is 9.64 Å². The summed E-state index contributed by atoms with van der Waals surface area (Å²) >= 11 is 1.24. The predicted octanol–water partition coefficient (Wildman–Crippen LogP) is 3.41. The number of aldehydes is 1. The molecule has 0 aliphatic carbocycles. The summed E-state index contributed by atoms with van der Waals surface area (Å²) in [5.41, 5.74) is 0.850. The molecule has 0 aromatic carbocycles. The number of thiophene rings is 1. The van der Waals surface area contributed by atoms with Gasteiger partial charge in [-0.25, -0.2) is 14.8 Å². The van der Waals surface area contributed by atoms with E-state index in [2.05, 4.69) is 9.98 Å². The van der Waals surface area contributed by atoms with Gasteiger partial charge in [-0.2, -0.15) is 0 Å². The molecular weight excluding hydrogens is 314 g/mol. The van der Waals surface area contributed by atoms with Crippen LogP contribution in [0.15, 0.2) is 29.5 Å². The fourth-order valence-corrected chi connectivity index (χ4v) is 2.84. The van der Waals surface area contributed by atoms with Crippen molar-refractivity contribution < 1.29 is 14.3 Å². The number of fused-ring (bicyclic) bond motifs is 1. The quantitative estimate of drug-likeness (QED) is 0.351. The smallest absolute Gasteiger partial charge is 0.339 e. The van der Waals surface area contributed by atoms with E-state index >= 15 is 0 Å². The molecule has 7 heteroatoms. The molecule has 0 bridgehead atoms. The summed E-state index contributed by atoms with van der Waals surface area (Å²) in [6, 6.07) is 1.66. The highest BCUT2D eigenvalue weighted by Gasteiger charge is 2.15. The number of carbonyl (C=O) groups excluding carboxylic acids is 2. The van der Waals surface area contributed by atoms with Crippen LogP contribution in [0.5, 0.6) is 0 Å². The van der Waals surface area contributed by atoms with Crippen LogP contribution in [0.1, 0.15) is 33.9 Å². The molecule has 0 spiro atoms. The Labute approximate surface area is 138 Å². The van der Waals surface area contributed by atoms with Crippen LogP contribution in [0.2, 0.25) is 0 Å². The van der Waals surface area contributed by atoms with Gasteiger partial charge in [-0.3, -0.25) is 4.79 Å². The number of aliphatic imine (C=N–C) groups is 1. The molecule has 2 aromatic heterocycles. The predicted molar refractivity (Wildman–Crippen MR) is 91.7 cm³/mol. The maximum atomic E-state index is 11.8. The number of nitrogens with zero attached hydrogens (tertiary/aromatic N) is 3. The Morgan fingerprint density at radius 1 is 1.52 bits per heavy atom. The monoisotopic (exact) mass is 331 g/mol. The molecule has 0 fully saturated rings. The molecular formula is C16H17N3O3S. The summed E-state index contributed by atoms with van der Waals surface area (Å²) in [6.07, 6.45) is 7.51. The number of hydrogen-bond donors (Lipinski definition) is 0. The van der Waals surface area contributed by atoms with E-state index in [9.17, 15) is 9.59 Å². The molecule has 0 unspecified atom stereocenters. The molecule has 2 aromatic rings. The van der Waals surface area contributed by atoms with Gasteiger partial charge in [-0.1, -0.05) is 6.08 Å². The second-order valence-corrected chi connectivity index (χ2v) is 5.65. The third-order valence-corrected chi connectivity index (χ3v) is 3.95.